The number of phosphoric acid groups is 2. The average Bonchev–Trinajstić information content (AvgIpc) is 3.44. The molecule has 7 nitrogen and oxygen atoms in total. The lowest BCUT2D eigenvalue weighted by Gasteiger charge is -2.31. The Hall–Kier alpha value is 0.260. The average molecular weight is 563 g/mol. The van der Waals surface area contributed by atoms with Gasteiger partial charge in [0.15, 0.2) is 0 Å². The van der Waals surface area contributed by atoms with Crippen LogP contribution in [0.15, 0.2) is 0 Å². The van der Waals surface area contributed by atoms with E-state index in [0.29, 0.717) is 0 Å². The molecule has 0 saturated heterocycles. The summed E-state index contributed by atoms with van der Waals surface area (Å²) in [6.45, 7) is 0. The predicted molar refractivity (Wildman–Crippen MR) is 147 cm³/mol. The van der Waals surface area contributed by atoms with Gasteiger partial charge in [0.05, 0.1) is 24.4 Å². The van der Waals surface area contributed by atoms with Crippen LogP contribution in [0.3, 0.4) is 0 Å². The molecular formula is C28H52O7P2. The molecule has 216 valence electrons. The third-order valence-corrected chi connectivity index (χ3v) is 12.3. The van der Waals surface area contributed by atoms with Crippen molar-refractivity contribution in [2.45, 2.75) is 179 Å². The van der Waals surface area contributed by atoms with E-state index in [2.05, 4.69) is 0 Å². The molecule has 0 amide bonds. The van der Waals surface area contributed by atoms with Gasteiger partial charge in [0.2, 0.25) is 0 Å². The molecule has 0 aromatic heterocycles. The monoisotopic (exact) mass is 562 g/mol. The van der Waals surface area contributed by atoms with Crippen LogP contribution in [0, 0.1) is 0 Å². The second kappa shape index (κ2) is 15.9. The van der Waals surface area contributed by atoms with Crippen molar-refractivity contribution in [3.05, 3.63) is 0 Å². The van der Waals surface area contributed by atoms with Crippen molar-refractivity contribution in [3.63, 3.8) is 0 Å². The summed E-state index contributed by atoms with van der Waals surface area (Å²) < 4.78 is 59.7. The molecular weight excluding hydrogens is 510 g/mol. The third kappa shape index (κ3) is 11.0. The summed E-state index contributed by atoms with van der Waals surface area (Å²) in [6, 6.07) is 0. The number of phosphoric ester groups is 2. The summed E-state index contributed by atoms with van der Waals surface area (Å²) in [6.07, 6.45) is 23.2. The standard InChI is InChI=1S/C28H52O7P2/c29-36(31-25-17-9-1-2-10-18-25,32-26-19-11-3-4-12-20-26)35-37(30,33-27-21-13-5-6-14-22-27)34-28-23-15-7-8-16-24-28/h25-28H,1-24H2. The van der Waals surface area contributed by atoms with Crippen molar-refractivity contribution in [1.29, 1.82) is 0 Å². The van der Waals surface area contributed by atoms with E-state index in [1.54, 1.807) is 0 Å². The number of rotatable bonds is 10. The van der Waals surface area contributed by atoms with Gasteiger partial charge < -0.3 is 0 Å². The maximum absolute atomic E-state index is 14.4. The Morgan fingerprint density at radius 2 is 0.514 bits per heavy atom. The van der Waals surface area contributed by atoms with Gasteiger partial charge >= 0.3 is 15.6 Å². The first-order valence-electron chi connectivity index (χ1n) is 15.7. The highest BCUT2D eigenvalue weighted by molar-refractivity contribution is 7.62. The molecule has 0 radical (unpaired) electrons. The fraction of sp³-hybridized carbons (Fsp3) is 1.00. The maximum Gasteiger partial charge on any atom is 0.484 e. The highest BCUT2D eigenvalue weighted by Crippen LogP contribution is 2.69. The summed E-state index contributed by atoms with van der Waals surface area (Å²) in [5, 5.41) is 0. The summed E-state index contributed by atoms with van der Waals surface area (Å²) >= 11 is 0. The highest BCUT2D eigenvalue weighted by atomic mass is 31.3. The summed E-state index contributed by atoms with van der Waals surface area (Å²) in [4.78, 5) is 0. The van der Waals surface area contributed by atoms with Gasteiger partial charge in [-0.2, -0.15) is 4.31 Å². The van der Waals surface area contributed by atoms with Gasteiger partial charge in [0, 0.05) is 0 Å². The van der Waals surface area contributed by atoms with Gasteiger partial charge in [-0.1, -0.05) is 103 Å². The van der Waals surface area contributed by atoms with Gasteiger partial charge in [0.25, 0.3) is 0 Å². The van der Waals surface area contributed by atoms with Gasteiger partial charge in [-0.15, -0.1) is 0 Å². The van der Waals surface area contributed by atoms with Crippen molar-refractivity contribution in [3.8, 4) is 0 Å². The second-order valence-electron chi connectivity index (χ2n) is 11.9. The molecule has 37 heavy (non-hydrogen) atoms. The van der Waals surface area contributed by atoms with Crippen molar-refractivity contribution >= 4 is 15.6 Å². The summed E-state index contributed by atoms with van der Waals surface area (Å²) in [5.41, 5.74) is 0. The molecule has 0 N–H and O–H groups in total. The SMILES string of the molecule is O=P(OC1CCCCCC1)(OC1CCCCCC1)OP(=O)(OC1CCCCCC1)OC1CCCCCC1. The number of hydrogen-bond acceptors (Lipinski definition) is 7. The van der Waals surface area contributed by atoms with Crippen molar-refractivity contribution in [1.82, 2.24) is 0 Å². The topological polar surface area (TPSA) is 80.3 Å². The normalized spacial score (nSPS) is 25.7. The van der Waals surface area contributed by atoms with E-state index < -0.39 is 15.6 Å². The molecule has 4 aliphatic rings. The molecule has 0 aliphatic heterocycles. The second-order valence-corrected chi connectivity index (χ2v) is 15.1. The zero-order chi connectivity index (χ0) is 25.8. The minimum absolute atomic E-state index is 0.219. The minimum Gasteiger partial charge on any atom is -0.283 e. The predicted octanol–water partition coefficient (Wildman–Crippen LogP) is 10.2. The fourth-order valence-corrected chi connectivity index (χ4v) is 10.4. The van der Waals surface area contributed by atoms with E-state index in [1.165, 1.54) is 0 Å². The van der Waals surface area contributed by atoms with Crippen molar-refractivity contribution in [2.24, 2.45) is 0 Å². The third-order valence-electron chi connectivity index (χ3n) is 8.52. The Balaban J connectivity index is 1.54. The van der Waals surface area contributed by atoms with Crippen LogP contribution in [0.5, 0.6) is 0 Å². The first kappa shape index (κ1) is 30.2. The lowest BCUT2D eigenvalue weighted by Crippen LogP contribution is -2.20. The van der Waals surface area contributed by atoms with Crippen molar-refractivity contribution in [2.75, 3.05) is 0 Å². The van der Waals surface area contributed by atoms with Crippen LogP contribution in [0.2, 0.25) is 0 Å². The molecule has 0 unspecified atom stereocenters. The quantitative estimate of drug-likeness (QED) is 0.193. The minimum atomic E-state index is -4.19. The largest absolute Gasteiger partial charge is 0.484 e. The van der Waals surface area contributed by atoms with Crippen LogP contribution >= 0.6 is 15.6 Å². The molecule has 0 bridgehead atoms. The van der Waals surface area contributed by atoms with Crippen LogP contribution in [0.1, 0.15) is 154 Å². The number of hydrogen-bond donors (Lipinski definition) is 0. The molecule has 4 rings (SSSR count). The molecule has 4 saturated carbocycles. The molecule has 4 aliphatic carbocycles. The van der Waals surface area contributed by atoms with E-state index in [1.807, 2.05) is 0 Å². The van der Waals surface area contributed by atoms with Crippen LogP contribution in [0.25, 0.3) is 0 Å². The highest BCUT2D eigenvalue weighted by Gasteiger charge is 2.46. The Morgan fingerprint density at radius 3 is 0.703 bits per heavy atom. The van der Waals surface area contributed by atoms with Gasteiger partial charge in [-0.3, -0.25) is 18.1 Å². The maximum atomic E-state index is 14.4. The van der Waals surface area contributed by atoms with Crippen LogP contribution in [-0.4, -0.2) is 24.4 Å². The van der Waals surface area contributed by atoms with Crippen LogP contribution in [0.4, 0.5) is 0 Å². The van der Waals surface area contributed by atoms with Crippen LogP contribution in [-0.2, 0) is 31.5 Å². The van der Waals surface area contributed by atoms with Gasteiger partial charge in [-0.05, 0) is 51.4 Å². The lowest BCUT2D eigenvalue weighted by molar-refractivity contribution is 0.0316. The van der Waals surface area contributed by atoms with E-state index in [9.17, 15) is 9.13 Å². The van der Waals surface area contributed by atoms with Gasteiger partial charge in [0.1, 0.15) is 0 Å². The van der Waals surface area contributed by atoms with Crippen molar-refractivity contribution < 1.29 is 31.5 Å². The molecule has 0 heterocycles. The Kier molecular flexibility index (Phi) is 13.0. The zero-order valence-corrected chi connectivity index (χ0v) is 24.8. The zero-order valence-electron chi connectivity index (χ0n) is 23.0. The Bertz CT molecular complexity index is 604. The molecule has 0 atom stereocenters. The van der Waals surface area contributed by atoms with E-state index in [4.69, 9.17) is 22.4 Å². The van der Waals surface area contributed by atoms with E-state index in [-0.39, 0.29) is 24.4 Å². The molecule has 9 heteroatoms. The van der Waals surface area contributed by atoms with E-state index >= 15 is 0 Å². The fourth-order valence-electron chi connectivity index (χ4n) is 6.37. The molecule has 0 aromatic rings. The summed E-state index contributed by atoms with van der Waals surface area (Å²) in [7, 11) is -8.37. The first-order valence-corrected chi connectivity index (χ1v) is 18.6. The Labute approximate surface area is 225 Å². The van der Waals surface area contributed by atoms with Crippen LogP contribution < -0.4 is 0 Å². The van der Waals surface area contributed by atoms with E-state index in [0.717, 1.165) is 154 Å². The first-order chi connectivity index (χ1) is 18.0. The molecule has 4 fully saturated rings. The molecule has 0 spiro atoms. The Morgan fingerprint density at radius 1 is 0.324 bits per heavy atom. The van der Waals surface area contributed by atoms with Gasteiger partial charge in [-0.25, -0.2) is 9.13 Å². The smallest absolute Gasteiger partial charge is 0.283 e. The summed E-state index contributed by atoms with van der Waals surface area (Å²) in [5.74, 6) is 0. The lowest BCUT2D eigenvalue weighted by atomic mass is 10.2. The molecule has 0 aromatic carbocycles.